The first-order chi connectivity index (χ1) is 16.0. The van der Waals surface area contributed by atoms with Crippen molar-refractivity contribution < 1.29 is 9.32 Å². The van der Waals surface area contributed by atoms with Crippen LogP contribution < -0.4 is 5.73 Å². The number of nitrogens with zero attached hydrogens (tertiary/aromatic N) is 5. The number of aromatic nitrogens is 4. The van der Waals surface area contributed by atoms with E-state index in [0.717, 1.165) is 47.3 Å². The number of carbonyl (C=O) groups is 1. The van der Waals surface area contributed by atoms with Gasteiger partial charge in [-0.2, -0.15) is 0 Å². The average Bonchev–Trinajstić information content (AvgIpc) is 3.16. The van der Waals surface area contributed by atoms with Crippen LogP contribution in [0.4, 0.5) is 5.82 Å². The SMILES string of the molecule is Cc1noc(C)c1CC(=O)N1CCC[C@@H](c2ccc3c(N)nc(-c4ccccc4)nc3n2)C1. The molecule has 1 atom stereocenters. The van der Waals surface area contributed by atoms with E-state index in [9.17, 15) is 4.79 Å². The number of benzene rings is 1. The fourth-order valence-corrected chi connectivity index (χ4v) is 4.45. The number of piperidine rings is 1. The second kappa shape index (κ2) is 8.61. The van der Waals surface area contributed by atoms with Crippen LogP contribution in [0.25, 0.3) is 22.4 Å². The smallest absolute Gasteiger partial charge is 0.227 e. The summed E-state index contributed by atoms with van der Waals surface area (Å²) >= 11 is 0. The van der Waals surface area contributed by atoms with Gasteiger partial charge >= 0.3 is 0 Å². The summed E-state index contributed by atoms with van der Waals surface area (Å²) in [6.45, 7) is 5.10. The number of hydrogen-bond donors (Lipinski definition) is 1. The van der Waals surface area contributed by atoms with Crippen molar-refractivity contribution in [2.45, 2.75) is 39.0 Å². The van der Waals surface area contributed by atoms with Crippen molar-refractivity contribution in [1.82, 2.24) is 25.0 Å². The van der Waals surface area contributed by atoms with E-state index in [1.54, 1.807) is 0 Å². The average molecular weight is 443 g/mol. The molecule has 5 rings (SSSR count). The summed E-state index contributed by atoms with van der Waals surface area (Å²) in [5.41, 5.74) is 10.3. The topological polar surface area (TPSA) is 111 Å². The highest BCUT2D eigenvalue weighted by Gasteiger charge is 2.27. The third-order valence-electron chi connectivity index (χ3n) is 6.34. The zero-order valence-electron chi connectivity index (χ0n) is 18.8. The molecular weight excluding hydrogens is 416 g/mol. The Morgan fingerprint density at radius 3 is 2.70 bits per heavy atom. The highest BCUT2D eigenvalue weighted by Crippen LogP contribution is 2.29. The third kappa shape index (κ3) is 4.16. The van der Waals surface area contributed by atoms with Crippen molar-refractivity contribution in [1.29, 1.82) is 0 Å². The number of rotatable bonds is 4. The van der Waals surface area contributed by atoms with Gasteiger partial charge in [0.25, 0.3) is 0 Å². The van der Waals surface area contributed by atoms with Crippen LogP contribution >= 0.6 is 0 Å². The van der Waals surface area contributed by atoms with Crippen molar-refractivity contribution in [3.63, 3.8) is 0 Å². The molecule has 0 bridgehead atoms. The quantitative estimate of drug-likeness (QED) is 0.511. The van der Waals surface area contributed by atoms with E-state index in [0.29, 0.717) is 36.0 Å². The van der Waals surface area contributed by atoms with Crippen molar-refractivity contribution in [3.8, 4) is 11.4 Å². The van der Waals surface area contributed by atoms with Gasteiger partial charge in [-0.25, -0.2) is 15.0 Å². The fourth-order valence-electron chi connectivity index (χ4n) is 4.45. The lowest BCUT2D eigenvalue weighted by molar-refractivity contribution is -0.131. The summed E-state index contributed by atoms with van der Waals surface area (Å²) in [6.07, 6.45) is 2.21. The van der Waals surface area contributed by atoms with E-state index in [2.05, 4.69) is 15.1 Å². The number of nitrogens with two attached hydrogens (primary N) is 1. The predicted octanol–water partition coefficient (Wildman–Crippen LogP) is 3.83. The predicted molar refractivity (Wildman–Crippen MR) is 125 cm³/mol. The highest BCUT2D eigenvalue weighted by atomic mass is 16.5. The standard InChI is InChI=1S/C25H26N6O2/c1-15-20(16(2)33-30-15)13-22(32)31-12-6-9-18(14-31)21-11-10-19-23(26)28-24(29-25(19)27-21)17-7-4-3-5-8-17/h3-5,7-8,10-11,18H,6,9,12-14H2,1-2H3,(H2,26,27,28,29)/t18-/m1/s1. The number of likely N-dealkylation sites (tertiary alicyclic amines) is 1. The first-order valence-corrected chi connectivity index (χ1v) is 11.2. The molecule has 1 amide bonds. The Labute approximate surface area is 191 Å². The second-order valence-electron chi connectivity index (χ2n) is 8.56. The van der Waals surface area contributed by atoms with Gasteiger partial charge in [0.15, 0.2) is 11.5 Å². The summed E-state index contributed by atoms with van der Waals surface area (Å²) in [5, 5.41) is 4.70. The van der Waals surface area contributed by atoms with Crippen LogP contribution in [-0.4, -0.2) is 44.0 Å². The molecule has 4 aromatic rings. The lowest BCUT2D eigenvalue weighted by atomic mass is 9.93. The molecule has 1 fully saturated rings. The lowest BCUT2D eigenvalue weighted by Crippen LogP contribution is -2.40. The molecule has 1 aromatic carbocycles. The summed E-state index contributed by atoms with van der Waals surface area (Å²) in [4.78, 5) is 28.9. The Balaban J connectivity index is 1.39. The van der Waals surface area contributed by atoms with Crippen molar-refractivity contribution in [3.05, 3.63) is 65.2 Å². The van der Waals surface area contributed by atoms with Gasteiger partial charge in [-0.15, -0.1) is 0 Å². The normalized spacial score (nSPS) is 16.3. The van der Waals surface area contributed by atoms with Crippen LogP contribution in [0.1, 0.15) is 41.5 Å². The molecule has 4 heterocycles. The van der Waals surface area contributed by atoms with Gasteiger partial charge < -0.3 is 15.2 Å². The first-order valence-electron chi connectivity index (χ1n) is 11.2. The highest BCUT2D eigenvalue weighted by molar-refractivity contribution is 5.87. The second-order valence-corrected chi connectivity index (χ2v) is 8.56. The van der Waals surface area contributed by atoms with Gasteiger partial charge in [-0.05, 0) is 38.8 Å². The molecule has 8 heteroatoms. The number of nitrogen functional groups attached to an aromatic ring is 1. The number of amides is 1. The Morgan fingerprint density at radius 2 is 1.94 bits per heavy atom. The van der Waals surface area contributed by atoms with Crippen LogP contribution in [0.3, 0.4) is 0 Å². The maximum Gasteiger partial charge on any atom is 0.227 e. The number of aryl methyl sites for hydroxylation is 2. The molecule has 3 aromatic heterocycles. The molecule has 1 saturated heterocycles. The summed E-state index contributed by atoms with van der Waals surface area (Å²) < 4.78 is 5.21. The minimum Gasteiger partial charge on any atom is -0.383 e. The van der Waals surface area contributed by atoms with Crippen LogP contribution in [0.15, 0.2) is 47.0 Å². The molecule has 0 spiro atoms. The van der Waals surface area contributed by atoms with Gasteiger partial charge in [-0.3, -0.25) is 4.79 Å². The Morgan fingerprint density at radius 1 is 1.12 bits per heavy atom. The van der Waals surface area contributed by atoms with E-state index in [-0.39, 0.29) is 11.8 Å². The molecule has 0 aliphatic carbocycles. The van der Waals surface area contributed by atoms with Gasteiger partial charge in [0.05, 0.1) is 17.5 Å². The third-order valence-corrected chi connectivity index (χ3v) is 6.34. The van der Waals surface area contributed by atoms with E-state index in [4.69, 9.17) is 15.2 Å². The Kier molecular flexibility index (Phi) is 5.50. The molecule has 8 nitrogen and oxygen atoms in total. The van der Waals surface area contributed by atoms with Gasteiger partial charge in [-0.1, -0.05) is 35.5 Å². The molecular formula is C25H26N6O2. The monoisotopic (exact) mass is 442 g/mol. The maximum atomic E-state index is 13.0. The maximum absolute atomic E-state index is 13.0. The number of hydrogen-bond acceptors (Lipinski definition) is 7. The molecule has 168 valence electrons. The molecule has 0 saturated carbocycles. The Bertz CT molecular complexity index is 1300. The van der Waals surface area contributed by atoms with Gasteiger partial charge in [0.2, 0.25) is 5.91 Å². The first kappa shape index (κ1) is 21.1. The van der Waals surface area contributed by atoms with Crippen LogP contribution in [0.2, 0.25) is 0 Å². The number of pyridine rings is 1. The molecule has 2 N–H and O–H groups in total. The van der Waals surface area contributed by atoms with Crippen molar-refractivity contribution >= 4 is 22.8 Å². The molecule has 1 aliphatic heterocycles. The summed E-state index contributed by atoms with van der Waals surface area (Å²) in [6, 6.07) is 13.7. The number of carbonyl (C=O) groups excluding carboxylic acids is 1. The largest absolute Gasteiger partial charge is 0.383 e. The van der Waals surface area contributed by atoms with Gasteiger partial charge in [0.1, 0.15) is 11.6 Å². The van der Waals surface area contributed by atoms with E-state index in [1.165, 1.54) is 0 Å². The fraction of sp³-hybridized carbons (Fsp3) is 0.320. The molecule has 0 unspecified atom stereocenters. The Hall–Kier alpha value is -3.81. The molecule has 33 heavy (non-hydrogen) atoms. The summed E-state index contributed by atoms with van der Waals surface area (Å²) in [7, 11) is 0. The van der Waals surface area contributed by atoms with Crippen LogP contribution in [0.5, 0.6) is 0 Å². The van der Waals surface area contributed by atoms with Crippen molar-refractivity contribution in [2.24, 2.45) is 0 Å². The molecule has 0 radical (unpaired) electrons. The van der Waals surface area contributed by atoms with Crippen LogP contribution in [0, 0.1) is 13.8 Å². The zero-order chi connectivity index (χ0) is 22.9. The minimum atomic E-state index is 0.0906. The van der Waals surface area contributed by atoms with Crippen molar-refractivity contribution in [2.75, 3.05) is 18.8 Å². The van der Waals surface area contributed by atoms with Gasteiger partial charge in [0, 0.05) is 35.8 Å². The van der Waals surface area contributed by atoms with E-state index in [1.807, 2.05) is 61.2 Å². The number of fused-ring (bicyclic) bond motifs is 1. The van der Waals surface area contributed by atoms with E-state index >= 15 is 0 Å². The zero-order valence-corrected chi connectivity index (χ0v) is 18.8. The molecule has 1 aliphatic rings. The van der Waals surface area contributed by atoms with Crippen LogP contribution in [-0.2, 0) is 11.2 Å². The minimum absolute atomic E-state index is 0.0906. The van der Waals surface area contributed by atoms with E-state index < -0.39 is 0 Å². The lowest BCUT2D eigenvalue weighted by Gasteiger charge is -2.32. The summed E-state index contributed by atoms with van der Waals surface area (Å²) in [5.74, 6) is 1.92. The number of anilines is 1.